The number of carbonyl (C=O) groups is 1. The summed E-state index contributed by atoms with van der Waals surface area (Å²) in [5, 5.41) is 0.397. The van der Waals surface area contributed by atoms with Crippen LogP contribution >= 0.6 is 11.6 Å². The van der Waals surface area contributed by atoms with Crippen LogP contribution in [-0.4, -0.2) is 17.6 Å². The fourth-order valence-electron chi connectivity index (χ4n) is 2.15. The fraction of sp³-hybridized carbons (Fsp3) is 0.538. The third kappa shape index (κ3) is 3.43. The van der Waals surface area contributed by atoms with Gasteiger partial charge in [-0.2, -0.15) is 0 Å². The van der Waals surface area contributed by atoms with E-state index >= 15 is 0 Å². The molecule has 0 spiro atoms. The van der Waals surface area contributed by atoms with Gasteiger partial charge in [-0.15, -0.1) is 0 Å². The molecule has 1 fully saturated rings. The molecule has 0 aromatic carbocycles. The monoisotopic (exact) mass is 253 g/mol. The van der Waals surface area contributed by atoms with E-state index in [1.165, 1.54) is 25.5 Å². The molecule has 0 radical (unpaired) electrons. The van der Waals surface area contributed by atoms with Crippen LogP contribution in [0.25, 0.3) is 0 Å². The van der Waals surface area contributed by atoms with Crippen LogP contribution < -0.4 is 0 Å². The summed E-state index contributed by atoms with van der Waals surface area (Å²) in [6.07, 6.45) is 9.12. The Morgan fingerprint density at radius 3 is 2.88 bits per heavy atom. The van der Waals surface area contributed by atoms with Crippen molar-refractivity contribution in [3.63, 3.8) is 0 Å². The third-order valence-electron chi connectivity index (χ3n) is 3.16. The minimum Gasteiger partial charge on any atom is -0.462 e. The molecule has 92 valence electrons. The molecule has 0 aliphatic heterocycles. The molecule has 0 unspecified atom stereocenters. The van der Waals surface area contributed by atoms with Crippen molar-refractivity contribution in [3.05, 3.63) is 29.0 Å². The summed E-state index contributed by atoms with van der Waals surface area (Å²) in [6.45, 7) is 0.504. The average Bonchev–Trinajstić information content (AvgIpc) is 2.38. The minimum absolute atomic E-state index is 0.352. The summed E-state index contributed by atoms with van der Waals surface area (Å²) < 4.78 is 5.28. The molecule has 4 heteroatoms. The highest BCUT2D eigenvalue weighted by Gasteiger charge is 2.17. The summed E-state index contributed by atoms with van der Waals surface area (Å²) >= 11 is 5.90. The maximum absolute atomic E-state index is 11.8. The lowest BCUT2D eigenvalue weighted by atomic mass is 9.90. The zero-order valence-electron chi connectivity index (χ0n) is 9.69. The summed E-state index contributed by atoms with van der Waals surface area (Å²) in [4.78, 5) is 15.6. The van der Waals surface area contributed by atoms with Crippen molar-refractivity contribution in [1.29, 1.82) is 0 Å². The van der Waals surface area contributed by atoms with Gasteiger partial charge in [0.15, 0.2) is 0 Å². The second kappa shape index (κ2) is 6.01. The number of nitrogens with zero attached hydrogens (tertiary/aromatic N) is 1. The number of hydrogen-bond acceptors (Lipinski definition) is 3. The molecule has 17 heavy (non-hydrogen) atoms. The van der Waals surface area contributed by atoms with Crippen molar-refractivity contribution >= 4 is 17.6 Å². The lowest BCUT2D eigenvalue weighted by Gasteiger charge is -2.21. The number of aromatic nitrogens is 1. The molecule has 2 rings (SSSR count). The third-order valence-corrected chi connectivity index (χ3v) is 3.49. The zero-order chi connectivity index (χ0) is 12.1. The Labute approximate surface area is 106 Å². The maximum atomic E-state index is 11.8. The molecule has 1 aliphatic carbocycles. The molecule has 0 bridgehead atoms. The number of rotatable bonds is 3. The van der Waals surface area contributed by atoms with E-state index in [1.54, 1.807) is 12.3 Å². The molecule has 0 atom stereocenters. The molecule has 1 saturated carbocycles. The molecule has 1 heterocycles. The highest BCUT2D eigenvalue weighted by atomic mass is 35.5. The summed E-state index contributed by atoms with van der Waals surface area (Å²) in [7, 11) is 0. The first kappa shape index (κ1) is 12.4. The predicted molar refractivity (Wildman–Crippen MR) is 66.1 cm³/mol. The Kier molecular flexibility index (Phi) is 4.37. The number of hydrogen-bond donors (Lipinski definition) is 0. The van der Waals surface area contributed by atoms with Crippen LogP contribution in [0.15, 0.2) is 18.5 Å². The molecular formula is C13H16ClNO2. The quantitative estimate of drug-likeness (QED) is 0.775. The first-order valence-electron chi connectivity index (χ1n) is 6.04. The standard InChI is InChI=1S/C13H16ClNO2/c14-12-6-7-15-8-11(12)13(16)17-9-10-4-2-1-3-5-10/h6-8,10H,1-5,9H2. The van der Waals surface area contributed by atoms with E-state index in [0.717, 1.165) is 12.8 Å². The van der Waals surface area contributed by atoms with Crippen LogP contribution in [-0.2, 0) is 4.74 Å². The van der Waals surface area contributed by atoms with Gasteiger partial charge in [-0.05, 0) is 24.8 Å². The van der Waals surface area contributed by atoms with E-state index in [1.807, 2.05) is 0 Å². The van der Waals surface area contributed by atoms with Crippen molar-refractivity contribution in [2.75, 3.05) is 6.61 Å². The summed E-state index contributed by atoms with van der Waals surface area (Å²) in [5.74, 6) is 0.150. The Morgan fingerprint density at radius 1 is 1.41 bits per heavy atom. The van der Waals surface area contributed by atoms with Crippen LogP contribution in [0.4, 0.5) is 0 Å². The maximum Gasteiger partial charge on any atom is 0.341 e. The van der Waals surface area contributed by atoms with Crippen LogP contribution in [0, 0.1) is 5.92 Å². The van der Waals surface area contributed by atoms with Gasteiger partial charge in [-0.25, -0.2) is 4.79 Å². The van der Waals surface area contributed by atoms with Crippen LogP contribution in [0.2, 0.25) is 5.02 Å². The highest BCUT2D eigenvalue weighted by molar-refractivity contribution is 6.33. The molecule has 0 N–H and O–H groups in total. The van der Waals surface area contributed by atoms with Gasteiger partial charge in [-0.1, -0.05) is 30.9 Å². The normalized spacial score (nSPS) is 16.8. The van der Waals surface area contributed by atoms with Crippen LogP contribution in [0.1, 0.15) is 42.5 Å². The summed E-state index contributed by atoms with van der Waals surface area (Å²) in [5.41, 5.74) is 0.352. The van der Waals surface area contributed by atoms with Gasteiger partial charge in [0, 0.05) is 12.4 Å². The zero-order valence-corrected chi connectivity index (χ0v) is 10.4. The van der Waals surface area contributed by atoms with E-state index in [-0.39, 0.29) is 5.97 Å². The molecule has 0 amide bonds. The van der Waals surface area contributed by atoms with Crippen molar-refractivity contribution in [1.82, 2.24) is 4.98 Å². The highest BCUT2D eigenvalue weighted by Crippen LogP contribution is 2.24. The smallest absolute Gasteiger partial charge is 0.341 e. The number of ether oxygens (including phenoxy) is 1. The number of esters is 1. The van der Waals surface area contributed by atoms with Crippen molar-refractivity contribution in [3.8, 4) is 0 Å². The Hall–Kier alpha value is -1.09. The van der Waals surface area contributed by atoms with E-state index in [9.17, 15) is 4.79 Å². The van der Waals surface area contributed by atoms with Crippen LogP contribution in [0.5, 0.6) is 0 Å². The molecular weight excluding hydrogens is 238 g/mol. The molecule has 1 aromatic heterocycles. The predicted octanol–water partition coefficient (Wildman–Crippen LogP) is 3.47. The SMILES string of the molecule is O=C(OCC1CCCCC1)c1cnccc1Cl. The average molecular weight is 254 g/mol. The molecule has 1 aromatic rings. The molecule has 1 aliphatic rings. The Balaban J connectivity index is 1.87. The van der Waals surface area contributed by atoms with Gasteiger partial charge in [0.25, 0.3) is 0 Å². The van der Waals surface area contributed by atoms with Gasteiger partial charge >= 0.3 is 5.97 Å². The Morgan fingerprint density at radius 2 is 2.18 bits per heavy atom. The lowest BCUT2D eigenvalue weighted by molar-refractivity contribution is 0.0410. The first-order chi connectivity index (χ1) is 8.27. The second-order valence-electron chi connectivity index (χ2n) is 4.46. The van der Waals surface area contributed by atoms with E-state index in [4.69, 9.17) is 16.3 Å². The minimum atomic E-state index is -0.367. The van der Waals surface area contributed by atoms with Gasteiger partial charge in [0.1, 0.15) is 0 Å². The van der Waals surface area contributed by atoms with Gasteiger partial charge in [0.2, 0.25) is 0 Å². The number of pyridine rings is 1. The van der Waals surface area contributed by atoms with E-state index < -0.39 is 0 Å². The largest absolute Gasteiger partial charge is 0.462 e. The van der Waals surface area contributed by atoms with Crippen molar-refractivity contribution in [2.45, 2.75) is 32.1 Å². The number of carbonyl (C=O) groups excluding carboxylic acids is 1. The van der Waals surface area contributed by atoms with Crippen molar-refractivity contribution in [2.24, 2.45) is 5.92 Å². The second-order valence-corrected chi connectivity index (χ2v) is 4.87. The lowest BCUT2D eigenvalue weighted by Crippen LogP contribution is -2.17. The van der Waals surface area contributed by atoms with Gasteiger partial charge in [-0.3, -0.25) is 4.98 Å². The van der Waals surface area contributed by atoms with Crippen LogP contribution in [0.3, 0.4) is 0 Å². The first-order valence-corrected chi connectivity index (χ1v) is 6.42. The Bertz CT molecular complexity index is 389. The van der Waals surface area contributed by atoms with E-state index in [2.05, 4.69) is 4.98 Å². The topological polar surface area (TPSA) is 39.2 Å². The molecule has 3 nitrogen and oxygen atoms in total. The van der Waals surface area contributed by atoms with Gasteiger partial charge < -0.3 is 4.74 Å². The molecule has 0 saturated heterocycles. The van der Waals surface area contributed by atoms with E-state index in [0.29, 0.717) is 23.1 Å². The fourth-order valence-corrected chi connectivity index (χ4v) is 2.34. The summed E-state index contributed by atoms with van der Waals surface area (Å²) in [6, 6.07) is 1.60. The van der Waals surface area contributed by atoms with Crippen molar-refractivity contribution < 1.29 is 9.53 Å². The number of halogens is 1. The van der Waals surface area contributed by atoms with Gasteiger partial charge in [0.05, 0.1) is 17.2 Å².